The van der Waals surface area contributed by atoms with Crippen LogP contribution in [0.3, 0.4) is 0 Å². The van der Waals surface area contributed by atoms with E-state index in [9.17, 15) is 4.79 Å². The molecule has 126 valence electrons. The van der Waals surface area contributed by atoms with E-state index in [1.807, 2.05) is 0 Å². The fraction of sp³-hybridized carbons (Fsp3) is 0.632. The van der Waals surface area contributed by atoms with E-state index in [4.69, 9.17) is 9.47 Å². The zero-order chi connectivity index (χ0) is 16.4. The first-order valence-electron chi connectivity index (χ1n) is 8.59. The molecule has 23 heavy (non-hydrogen) atoms. The number of amides is 1. The van der Waals surface area contributed by atoms with E-state index in [-0.39, 0.29) is 18.1 Å². The smallest absolute Gasteiger partial charge is 0.224 e. The number of benzene rings is 1. The molecule has 1 aromatic carbocycles. The standard InChI is InChI=1S/C19H27NO3/c1-12(2)14-6-4-13(5-7-14)10-17(21)20-18-15-8-9-23-19(15)16(18)11-22-3/h4-7,12,15-16,18-19H,8-11H2,1-3H3,(H,20,21)/t15-,16-,18-,19-/m1/s1. The molecule has 1 heterocycles. The summed E-state index contributed by atoms with van der Waals surface area (Å²) in [7, 11) is 1.71. The molecule has 1 aliphatic carbocycles. The SMILES string of the molecule is COC[C@@H]1[C@H](NC(=O)Cc2ccc(C(C)C)cc2)[C@H]2CCO[C@H]21. The molecule has 2 fully saturated rings. The van der Waals surface area contributed by atoms with E-state index in [0.29, 0.717) is 30.8 Å². The Kier molecular flexibility index (Phi) is 5.02. The van der Waals surface area contributed by atoms with E-state index in [2.05, 4.69) is 43.4 Å². The van der Waals surface area contributed by atoms with Gasteiger partial charge < -0.3 is 14.8 Å². The molecule has 2 aliphatic rings. The van der Waals surface area contributed by atoms with Gasteiger partial charge in [-0.15, -0.1) is 0 Å². The maximum atomic E-state index is 12.4. The molecule has 1 saturated carbocycles. The molecule has 0 aromatic heterocycles. The van der Waals surface area contributed by atoms with Crippen LogP contribution >= 0.6 is 0 Å². The fourth-order valence-electron chi connectivity index (χ4n) is 3.88. The number of carbonyl (C=O) groups is 1. The van der Waals surface area contributed by atoms with Crippen molar-refractivity contribution in [2.24, 2.45) is 11.8 Å². The number of hydrogen-bond donors (Lipinski definition) is 1. The van der Waals surface area contributed by atoms with Crippen LogP contribution in [0, 0.1) is 11.8 Å². The van der Waals surface area contributed by atoms with Gasteiger partial charge in [-0.25, -0.2) is 0 Å². The molecule has 4 heteroatoms. The van der Waals surface area contributed by atoms with Crippen molar-refractivity contribution >= 4 is 5.91 Å². The summed E-state index contributed by atoms with van der Waals surface area (Å²) >= 11 is 0. The molecule has 4 atom stereocenters. The Morgan fingerprint density at radius 3 is 2.74 bits per heavy atom. The number of rotatable bonds is 6. The molecule has 1 aliphatic heterocycles. The quantitative estimate of drug-likeness (QED) is 0.877. The lowest BCUT2D eigenvalue weighted by Crippen LogP contribution is -2.62. The number of fused-ring (bicyclic) bond motifs is 1. The third-order valence-corrected chi connectivity index (χ3v) is 5.23. The predicted octanol–water partition coefficient (Wildman–Crippen LogP) is 2.52. The van der Waals surface area contributed by atoms with Gasteiger partial charge in [0.05, 0.1) is 19.1 Å². The number of methoxy groups -OCH3 is 1. The molecule has 3 rings (SSSR count). The maximum absolute atomic E-state index is 12.4. The Labute approximate surface area is 138 Å². The summed E-state index contributed by atoms with van der Waals surface area (Å²) in [6.45, 7) is 5.80. The van der Waals surface area contributed by atoms with E-state index in [1.165, 1.54) is 5.56 Å². The first-order chi connectivity index (χ1) is 11.1. The van der Waals surface area contributed by atoms with E-state index >= 15 is 0 Å². The molecule has 0 spiro atoms. The normalized spacial score (nSPS) is 29.2. The zero-order valence-electron chi connectivity index (χ0n) is 14.2. The summed E-state index contributed by atoms with van der Waals surface area (Å²) in [6, 6.07) is 8.55. The van der Waals surface area contributed by atoms with Crippen molar-refractivity contribution in [2.45, 2.75) is 44.8 Å². The minimum absolute atomic E-state index is 0.0961. The lowest BCUT2D eigenvalue weighted by atomic mass is 9.67. The van der Waals surface area contributed by atoms with Crippen molar-refractivity contribution in [1.29, 1.82) is 0 Å². The number of carbonyl (C=O) groups excluding carboxylic acids is 1. The Balaban J connectivity index is 1.56. The number of ether oxygens (including phenoxy) is 2. The minimum atomic E-state index is 0.0961. The van der Waals surface area contributed by atoms with Crippen molar-refractivity contribution in [1.82, 2.24) is 5.32 Å². The van der Waals surface area contributed by atoms with E-state index < -0.39 is 0 Å². The van der Waals surface area contributed by atoms with Crippen LogP contribution in [0.1, 0.15) is 37.3 Å². The highest BCUT2D eigenvalue weighted by molar-refractivity contribution is 5.79. The van der Waals surface area contributed by atoms with Crippen LogP contribution in [-0.2, 0) is 20.7 Å². The summed E-state index contributed by atoms with van der Waals surface area (Å²) in [5.41, 5.74) is 2.37. The molecule has 0 radical (unpaired) electrons. The van der Waals surface area contributed by atoms with Crippen LogP contribution in [0.2, 0.25) is 0 Å². The fourth-order valence-corrected chi connectivity index (χ4v) is 3.88. The average Bonchev–Trinajstić information content (AvgIpc) is 2.95. The second kappa shape index (κ2) is 7.02. The van der Waals surface area contributed by atoms with Gasteiger partial charge in [0.2, 0.25) is 5.91 Å². The molecule has 1 N–H and O–H groups in total. The third-order valence-electron chi connectivity index (χ3n) is 5.23. The van der Waals surface area contributed by atoms with Crippen molar-refractivity contribution in [3.05, 3.63) is 35.4 Å². The molecule has 0 unspecified atom stereocenters. The monoisotopic (exact) mass is 317 g/mol. The zero-order valence-corrected chi connectivity index (χ0v) is 14.2. The summed E-state index contributed by atoms with van der Waals surface area (Å²) in [4.78, 5) is 12.4. The average molecular weight is 317 g/mol. The van der Waals surface area contributed by atoms with Gasteiger partial charge in [0, 0.05) is 31.6 Å². The second-order valence-corrected chi connectivity index (χ2v) is 7.07. The Bertz CT molecular complexity index is 540. The highest BCUT2D eigenvalue weighted by Gasteiger charge is 2.54. The van der Waals surface area contributed by atoms with Crippen molar-refractivity contribution in [3.63, 3.8) is 0 Å². The first kappa shape index (κ1) is 16.5. The highest BCUT2D eigenvalue weighted by atomic mass is 16.5. The Hall–Kier alpha value is -1.39. The van der Waals surface area contributed by atoms with Gasteiger partial charge in [-0.2, -0.15) is 0 Å². The summed E-state index contributed by atoms with van der Waals surface area (Å²) < 4.78 is 11.0. The summed E-state index contributed by atoms with van der Waals surface area (Å²) in [6.07, 6.45) is 1.75. The Morgan fingerprint density at radius 1 is 1.35 bits per heavy atom. The molecule has 4 nitrogen and oxygen atoms in total. The van der Waals surface area contributed by atoms with Crippen LogP contribution in [-0.4, -0.2) is 38.4 Å². The molecular formula is C19H27NO3. The number of nitrogens with one attached hydrogen (secondary N) is 1. The van der Waals surface area contributed by atoms with Gasteiger partial charge in [-0.1, -0.05) is 38.1 Å². The summed E-state index contributed by atoms with van der Waals surface area (Å²) in [5, 5.41) is 3.21. The van der Waals surface area contributed by atoms with Crippen molar-refractivity contribution in [2.75, 3.05) is 20.3 Å². The first-order valence-corrected chi connectivity index (χ1v) is 8.59. The van der Waals surface area contributed by atoms with Gasteiger partial charge in [-0.3, -0.25) is 4.79 Å². The molecule has 1 amide bonds. The lowest BCUT2D eigenvalue weighted by Gasteiger charge is -2.47. The Morgan fingerprint density at radius 2 is 2.09 bits per heavy atom. The van der Waals surface area contributed by atoms with Gasteiger partial charge in [0.1, 0.15) is 0 Å². The van der Waals surface area contributed by atoms with Crippen molar-refractivity contribution in [3.8, 4) is 0 Å². The van der Waals surface area contributed by atoms with Gasteiger partial charge in [0.15, 0.2) is 0 Å². The lowest BCUT2D eigenvalue weighted by molar-refractivity contribution is -0.129. The highest BCUT2D eigenvalue weighted by Crippen LogP contribution is 2.43. The van der Waals surface area contributed by atoms with Crippen molar-refractivity contribution < 1.29 is 14.3 Å². The van der Waals surface area contributed by atoms with E-state index in [0.717, 1.165) is 18.6 Å². The van der Waals surface area contributed by atoms with Gasteiger partial charge in [-0.05, 0) is 23.5 Å². The minimum Gasteiger partial charge on any atom is -0.384 e. The molecular weight excluding hydrogens is 290 g/mol. The maximum Gasteiger partial charge on any atom is 0.224 e. The molecule has 1 saturated heterocycles. The van der Waals surface area contributed by atoms with Crippen LogP contribution in [0.15, 0.2) is 24.3 Å². The molecule has 0 bridgehead atoms. The van der Waals surface area contributed by atoms with Gasteiger partial charge in [0.25, 0.3) is 0 Å². The third kappa shape index (κ3) is 3.43. The topological polar surface area (TPSA) is 47.6 Å². The van der Waals surface area contributed by atoms with Crippen LogP contribution in [0.4, 0.5) is 0 Å². The van der Waals surface area contributed by atoms with Crippen LogP contribution < -0.4 is 5.32 Å². The van der Waals surface area contributed by atoms with Crippen LogP contribution in [0.5, 0.6) is 0 Å². The largest absolute Gasteiger partial charge is 0.384 e. The van der Waals surface area contributed by atoms with Crippen LogP contribution in [0.25, 0.3) is 0 Å². The second-order valence-electron chi connectivity index (χ2n) is 7.07. The van der Waals surface area contributed by atoms with E-state index in [1.54, 1.807) is 7.11 Å². The number of hydrogen-bond acceptors (Lipinski definition) is 3. The predicted molar refractivity (Wildman–Crippen MR) is 89.4 cm³/mol. The molecule has 1 aromatic rings. The summed E-state index contributed by atoms with van der Waals surface area (Å²) in [5.74, 6) is 1.36. The van der Waals surface area contributed by atoms with Gasteiger partial charge >= 0.3 is 0 Å².